The Morgan fingerprint density at radius 2 is 2.06 bits per heavy atom. The lowest BCUT2D eigenvalue weighted by Gasteiger charge is -2.29. The summed E-state index contributed by atoms with van der Waals surface area (Å²) in [4.78, 5) is 1.73. The number of thioether (sulfide) groups is 1. The zero-order valence-corrected chi connectivity index (χ0v) is 11.5. The summed E-state index contributed by atoms with van der Waals surface area (Å²) in [5.41, 5.74) is -0.0602. The van der Waals surface area contributed by atoms with Crippen LogP contribution in [-0.4, -0.2) is 25.1 Å². The molecule has 0 saturated heterocycles. The average Bonchev–Trinajstić information content (AvgIpc) is 2.38. The van der Waals surface area contributed by atoms with Crippen LogP contribution in [0.25, 0.3) is 0 Å². The largest absolute Gasteiger partial charge is 0.368 e. The van der Waals surface area contributed by atoms with Crippen LogP contribution in [-0.2, 0) is 0 Å². The molecule has 0 saturated carbocycles. The van der Waals surface area contributed by atoms with Crippen molar-refractivity contribution in [1.29, 1.82) is 5.26 Å². The maximum atomic E-state index is 13.9. The van der Waals surface area contributed by atoms with Crippen LogP contribution in [0.15, 0.2) is 12.1 Å². The van der Waals surface area contributed by atoms with Gasteiger partial charge in [-0.05, 0) is 24.8 Å². The molecule has 98 valence electrons. The van der Waals surface area contributed by atoms with Gasteiger partial charge in [-0.3, -0.25) is 0 Å². The van der Waals surface area contributed by atoms with Crippen LogP contribution in [0.2, 0.25) is 0 Å². The number of hydrogen-bond acceptors (Lipinski definition) is 3. The van der Waals surface area contributed by atoms with E-state index in [1.807, 2.05) is 13.2 Å². The first-order valence-electron chi connectivity index (χ1n) is 5.66. The SMILES string of the molecule is CCC(CSC)N(C)c1ccc(C#N)c(F)c1F. The van der Waals surface area contributed by atoms with Gasteiger partial charge < -0.3 is 4.90 Å². The van der Waals surface area contributed by atoms with E-state index in [2.05, 4.69) is 0 Å². The molecule has 0 aliphatic heterocycles. The Balaban J connectivity index is 3.10. The minimum absolute atomic E-state index is 0.141. The summed E-state index contributed by atoms with van der Waals surface area (Å²) in [6.45, 7) is 2.01. The van der Waals surface area contributed by atoms with Crippen LogP contribution in [0.4, 0.5) is 14.5 Å². The first-order valence-corrected chi connectivity index (χ1v) is 7.06. The van der Waals surface area contributed by atoms with Crippen LogP contribution < -0.4 is 4.90 Å². The van der Waals surface area contributed by atoms with Crippen LogP contribution in [0, 0.1) is 23.0 Å². The van der Waals surface area contributed by atoms with Gasteiger partial charge in [0.1, 0.15) is 6.07 Å². The van der Waals surface area contributed by atoms with E-state index in [-0.39, 0.29) is 17.3 Å². The highest BCUT2D eigenvalue weighted by Crippen LogP contribution is 2.26. The van der Waals surface area contributed by atoms with Crippen LogP contribution in [0.5, 0.6) is 0 Å². The zero-order valence-electron chi connectivity index (χ0n) is 10.7. The van der Waals surface area contributed by atoms with E-state index in [0.29, 0.717) is 0 Å². The molecule has 0 aliphatic rings. The molecule has 0 fully saturated rings. The monoisotopic (exact) mass is 270 g/mol. The maximum Gasteiger partial charge on any atom is 0.183 e. The molecular weight excluding hydrogens is 254 g/mol. The molecule has 2 nitrogen and oxygen atoms in total. The van der Waals surface area contributed by atoms with Crippen molar-refractivity contribution in [3.63, 3.8) is 0 Å². The van der Waals surface area contributed by atoms with Crippen molar-refractivity contribution < 1.29 is 8.78 Å². The highest BCUT2D eigenvalue weighted by atomic mass is 32.2. The predicted octanol–water partition coefficient (Wildman–Crippen LogP) is 3.41. The molecule has 0 radical (unpaired) electrons. The Morgan fingerprint density at radius 3 is 2.56 bits per heavy atom. The van der Waals surface area contributed by atoms with Gasteiger partial charge in [0, 0.05) is 18.8 Å². The van der Waals surface area contributed by atoms with Gasteiger partial charge in [0.05, 0.1) is 11.3 Å². The number of halogens is 2. The summed E-state index contributed by atoms with van der Waals surface area (Å²) in [6, 6.07) is 4.55. The molecule has 1 aromatic rings. The fourth-order valence-corrected chi connectivity index (χ4v) is 2.63. The van der Waals surface area contributed by atoms with Crippen molar-refractivity contribution in [2.45, 2.75) is 19.4 Å². The molecule has 1 atom stereocenters. The molecular formula is C13H16F2N2S. The minimum Gasteiger partial charge on any atom is -0.368 e. The van der Waals surface area contributed by atoms with Gasteiger partial charge >= 0.3 is 0 Å². The predicted molar refractivity (Wildman–Crippen MR) is 71.9 cm³/mol. The standard InChI is InChI=1S/C13H16F2N2S/c1-4-10(8-18-3)17(2)11-6-5-9(7-16)12(14)13(11)15/h5-6,10H,4,8H2,1-3H3. The fraction of sp³-hybridized carbons (Fsp3) is 0.462. The second-order valence-electron chi connectivity index (χ2n) is 4.00. The quantitative estimate of drug-likeness (QED) is 0.820. The lowest BCUT2D eigenvalue weighted by Crippen LogP contribution is -2.34. The van der Waals surface area contributed by atoms with Gasteiger partial charge in [0.15, 0.2) is 11.6 Å². The van der Waals surface area contributed by atoms with Gasteiger partial charge in [0.25, 0.3) is 0 Å². The molecule has 0 bridgehead atoms. The molecule has 0 N–H and O–H groups in total. The van der Waals surface area contributed by atoms with Gasteiger partial charge in [-0.15, -0.1) is 0 Å². The third-order valence-corrected chi connectivity index (χ3v) is 3.66. The smallest absolute Gasteiger partial charge is 0.183 e. The Kier molecular flexibility index (Phi) is 5.42. The van der Waals surface area contributed by atoms with Crippen molar-refractivity contribution in [1.82, 2.24) is 0 Å². The summed E-state index contributed by atoms with van der Waals surface area (Å²) in [7, 11) is 1.74. The van der Waals surface area contributed by atoms with Gasteiger partial charge in [-0.2, -0.15) is 17.0 Å². The van der Waals surface area contributed by atoms with Gasteiger partial charge in [-0.1, -0.05) is 6.92 Å². The lowest BCUT2D eigenvalue weighted by molar-refractivity contribution is 0.501. The molecule has 0 spiro atoms. The molecule has 1 rings (SSSR count). The highest BCUT2D eigenvalue weighted by molar-refractivity contribution is 7.98. The highest BCUT2D eigenvalue weighted by Gasteiger charge is 2.20. The molecule has 1 aromatic carbocycles. The summed E-state index contributed by atoms with van der Waals surface area (Å²) in [5, 5.41) is 8.64. The van der Waals surface area contributed by atoms with E-state index in [1.54, 1.807) is 29.8 Å². The van der Waals surface area contributed by atoms with Crippen molar-refractivity contribution in [3.05, 3.63) is 29.3 Å². The van der Waals surface area contributed by atoms with E-state index in [0.717, 1.165) is 12.2 Å². The molecule has 0 aromatic heterocycles. The normalized spacial score (nSPS) is 12.0. The summed E-state index contributed by atoms with van der Waals surface area (Å²) in [6.07, 6.45) is 2.82. The summed E-state index contributed by atoms with van der Waals surface area (Å²) >= 11 is 1.66. The van der Waals surface area contributed by atoms with E-state index < -0.39 is 11.6 Å². The Hall–Kier alpha value is -1.28. The topological polar surface area (TPSA) is 27.0 Å². The van der Waals surface area contributed by atoms with Gasteiger partial charge in [-0.25, -0.2) is 8.78 Å². The van der Waals surface area contributed by atoms with E-state index >= 15 is 0 Å². The molecule has 0 heterocycles. The average molecular weight is 270 g/mol. The first-order chi connectivity index (χ1) is 8.56. The van der Waals surface area contributed by atoms with E-state index in [4.69, 9.17) is 5.26 Å². The van der Waals surface area contributed by atoms with E-state index in [1.165, 1.54) is 12.1 Å². The molecule has 1 unspecified atom stereocenters. The Bertz CT molecular complexity index is 457. The lowest BCUT2D eigenvalue weighted by atomic mass is 10.1. The second kappa shape index (κ2) is 6.60. The summed E-state index contributed by atoms with van der Waals surface area (Å²) < 4.78 is 27.4. The zero-order chi connectivity index (χ0) is 13.7. The minimum atomic E-state index is -1.07. The van der Waals surface area contributed by atoms with Crippen molar-refractivity contribution in [2.24, 2.45) is 0 Å². The maximum absolute atomic E-state index is 13.9. The van der Waals surface area contributed by atoms with Crippen molar-refractivity contribution in [2.75, 3.05) is 24.0 Å². The number of benzene rings is 1. The second-order valence-corrected chi connectivity index (χ2v) is 4.91. The van der Waals surface area contributed by atoms with Crippen LogP contribution in [0.1, 0.15) is 18.9 Å². The third-order valence-electron chi connectivity index (χ3n) is 2.94. The van der Waals surface area contributed by atoms with Crippen molar-refractivity contribution in [3.8, 4) is 6.07 Å². The third kappa shape index (κ3) is 2.94. The Labute approximate surface area is 111 Å². The number of anilines is 1. The van der Waals surface area contributed by atoms with Crippen molar-refractivity contribution >= 4 is 17.4 Å². The number of nitriles is 1. The first kappa shape index (κ1) is 14.8. The number of hydrogen-bond donors (Lipinski definition) is 0. The molecule has 0 aliphatic carbocycles. The number of nitrogens with zero attached hydrogens (tertiary/aromatic N) is 2. The Morgan fingerprint density at radius 1 is 1.39 bits per heavy atom. The van der Waals surface area contributed by atoms with Gasteiger partial charge in [0.2, 0.25) is 0 Å². The molecule has 18 heavy (non-hydrogen) atoms. The fourth-order valence-electron chi connectivity index (χ4n) is 1.79. The molecule has 0 amide bonds. The van der Waals surface area contributed by atoms with Crippen LogP contribution >= 0.6 is 11.8 Å². The summed E-state index contributed by atoms with van der Waals surface area (Å²) in [5.74, 6) is -1.18. The van der Waals surface area contributed by atoms with E-state index in [9.17, 15) is 8.78 Å². The van der Waals surface area contributed by atoms with Crippen LogP contribution in [0.3, 0.4) is 0 Å². The number of rotatable bonds is 5. The molecule has 5 heteroatoms.